The molecule has 0 aliphatic heterocycles. The molecule has 0 saturated heterocycles. The van der Waals surface area contributed by atoms with E-state index in [0.29, 0.717) is 6.61 Å². The maximum absolute atomic E-state index is 9.96. The lowest BCUT2D eigenvalue weighted by Gasteiger charge is -2.44. The lowest BCUT2D eigenvalue weighted by Crippen LogP contribution is -2.67. The van der Waals surface area contributed by atoms with Crippen molar-refractivity contribution in [2.45, 2.75) is 45.3 Å². The molecule has 2 aromatic rings. The Kier molecular flexibility index (Phi) is 5.25. The first-order valence-electron chi connectivity index (χ1n) is 9.39. The van der Waals surface area contributed by atoms with Crippen molar-refractivity contribution in [1.82, 2.24) is 0 Å². The Bertz CT molecular complexity index is 709. The van der Waals surface area contributed by atoms with E-state index in [2.05, 4.69) is 94.4 Å². The molecule has 2 atom stereocenters. The molecule has 26 heavy (non-hydrogen) atoms. The maximum atomic E-state index is 9.96. The number of hydrogen-bond acceptors (Lipinski definition) is 2. The highest BCUT2D eigenvalue weighted by Crippen LogP contribution is 2.39. The van der Waals surface area contributed by atoms with E-state index in [-0.39, 0.29) is 16.6 Å². The molecule has 138 valence electrons. The number of hydrogen-bond donors (Lipinski definition) is 1. The molecule has 0 fully saturated rings. The number of aliphatic hydroxyl groups excluding tert-OH is 1. The van der Waals surface area contributed by atoms with Gasteiger partial charge in [0, 0.05) is 12.0 Å². The molecule has 1 aliphatic rings. The first-order chi connectivity index (χ1) is 12.3. The molecule has 1 aliphatic carbocycles. The van der Waals surface area contributed by atoms with E-state index in [0.717, 1.165) is 6.42 Å². The molecule has 1 N–H and O–H groups in total. The zero-order valence-electron chi connectivity index (χ0n) is 16.3. The van der Waals surface area contributed by atoms with Gasteiger partial charge in [-0.25, -0.2) is 0 Å². The average Bonchev–Trinajstić information content (AvgIpc) is 2.95. The predicted molar refractivity (Wildman–Crippen MR) is 111 cm³/mol. The topological polar surface area (TPSA) is 29.5 Å². The van der Waals surface area contributed by atoms with Gasteiger partial charge in [0.25, 0.3) is 8.32 Å². The van der Waals surface area contributed by atoms with Crippen LogP contribution in [0.4, 0.5) is 0 Å². The van der Waals surface area contributed by atoms with Crippen LogP contribution in [0.25, 0.3) is 0 Å². The summed E-state index contributed by atoms with van der Waals surface area (Å²) in [4.78, 5) is 0. The van der Waals surface area contributed by atoms with Gasteiger partial charge in [-0.3, -0.25) is 0 Å². The van der Waals surface area contributed by atoms with Crippen molar-refractivity contribution in [2.75, 3.05) is 6.61 Å². The Labute approximate surface area is 158 Å². The van der Waals surface area contributed by atoms with Gasteiger partial charge >= 0.3 is 0 Å². The SMILES string of the molecule is CC(C)(C)[Si](OC[C@]1(C)C=C[C@@H](O)C1)(c1ccccc1)c1ccccc1. The van der Waals surface area contributed by atoms with E-state index < -0.39 is 8.32 Å². The second-order valence-corrected chi connectivity index (χ2v) is 13.0. The Morgan fingerprint density at radius 1 is 1.00 bits per heavy atom. The van der Waals surface area contributed by atoms with E-state index in [4.69, 9.17) is 4.43 Å². The molecule has 2 nitrogen and oxygen atoms in total. The molecule has 2 aromatic carbocycles. The van der Waals surface area contributed by atoms with Crippen LogP contribution in [0.15, 0.2) is 72.8 Å². The third-order valence-corrected chi connectivity index (χ3v) is 10.4. The quantitative estimate of drug-likeness (QED) is 0.642. The first kappa shape index (κ1) is 19.1. The minimum atomic E-state index is -2.50. The summed E-state index contributed by atoms with van der Waals surface area (Å²) in [6.07, 6.45) is 4.39. The molecule has 0 radical (unpaired) electrons. The monoisotopic (exact) mass is 366 g/mol. The molecular formula is C23H30O2Si. The average molecular weight is 367 g/mol. The maximum Gasteiger partial charge on any atom is 0.261 e. The fraction of sp³-hybridized carbons (Fsp3) is 0.391. The largest absolute Gasteiger partial charge is 0.407 e. The molecule has 0 aromatic heterocycles. The van der Waals surface area contributed by atoms with Crippen molar-refractivity contribution >= 4 is 18.7 Å². The summed E-state index contributed by atoms with van der Waals surface area (Å²) in [5.41, 5.74) is -0.119. The van der Waals surface area contributed by atoms with Crippen LogP contribution in [0.5, 0.6) is 0 Å². The first-order valence-corrected chi connectivity index (χ1v) is 11.3. The van der Waals surface area contributed by atoms with E-state index in [1.807, 2.05) is 6.08 Å². The van der Waals surface area contributed by atoms with Gasteiger partial charge in [0.05, 0.1) is 6.10 Å². The fourth-order valence-corrected chi connectivity index (χ4v) is 8.80. The van der Waals surface area contributed by atoms with E-state index in [1.54, 1.807) is 0 Å². The van der Waals surface area contributed by atoms with E-state index >= 15 is 0 Å². The number of rotatable bonds is 5. The van der Waals surface area contributed by atoms with Crippen molar-refractivity contribution in [1.29, 1.82) is 0 Å². The Morgan fingerprint density at radius 3 is 1.88 bits per heavy atom. The van der Waals surface area contributed by atoms with Gasteiger partial charge in [-0.15, -0.1) is 0 Å². The zero-order valence-corrected chi connectivity index (χ0v) is 17.3. The van der Waals surface area contributed by atoms with Crippen molar-refractivity contribution < 1.29 is 9.53 Å². The molecule has 0 unspecified atom stereocenters. The van der Waals surface area contributed by atoms with E-state index in [9.17, 15) is 5.11 Å². The summed E-state index contributed by atoms with van der Waals surface area (Å²) in [7, 11) is -2.50. The summed E-state index contributed by atoms with van der Waals surface area (Å²) >= 11 is 0. The van der Waals surface area contributed by atoms with Crippen LogP contribution in [0.1, 0.15) is 34.1 Å². The van der Waals surface area contributed by atoms with Crippen molar-refractivity contribution in [3.8, 4) is 0 Å². The summed E-state index contributed by atoms with van der Waals surface area (Å²) < 4.78 is 6.98. The van der Waals surface area contributed by atoms with Crippen molar-refractivity contribution in [3.63, 3.8) is 0 Å². The highest BCUT2D eigenvalue weighted by Gasteiger charge is 2.51. The van der Waals surface area contributed by atoms with Crippen LogP contribution in [-0.2, 0) is 4.43 Å². The third kappa shape index (κ3) is 3.57. The van der Waals surface area contributed by atoms with Crippen LogP contribution in [0.3, 0.4) is 0 Å². The van der Waals surface area contributed by atoms with Crippen molar-refractivity contribution in [2.24, 2.45) is 5.41 Å². The minimum absolute atomic E-state index is 0.0208. The van der Waals surface area contributed by atoms with Gasteiger partial charge in [0.1, 0.15) is 0 Å². The molecule has 0 spiro atoms. The third-order valence-electron chi connectivity index (χ3n) is 5.43. The highest BCUT2D eigenvalue weighted by molar-refractivity contribution is 6.99. The van der Waals surface area contributed by atoms with Gasteiger partial charge < -0.3 is 9.53 Å². The normalized spacial score (nSPS) is 23.3. The summed E-state index contributed by atoms with van der Waals surface area (Å²) in [6, 6.07) is 21.4. The standard InChI is InChI=1S/C23H30O2Si/c1-22(2,3)26(20-11-7-5-8-12-20,21-13-9-6-10-14-21)25-18-23(4)16-15-19(24)17-23/h5-16,19,24H,17-18H2,1-4H3/t19-,23-/m1/s1. The number of benzene rings is 2. The van der Waals surface area contributed by atoms with Gasteiger partial charge in [-0.1, -0.05) is 101 Å². The molecule has 0 bridgehead atoms. The van der Waals surface area contributed by atoms with Crippen LogP contribution < -0.4 is 10.4 Å². The van der Waals surface area contributed by atoms with Crippen LogP contribution in [0.2, 0.25) is 5.04 Å². The number of aliphatic hydroxyl groups is 1. The van der Waals surface area contributed by atoms with Crippen LogP contribution in [-0.4, -0.2) is 26.1 Å². The second-order valence-electron chi connectivity index (χ2n) is 8.74. The highest BCUT2D eigenvalue weighted by atomic mass is 28.4. The van der Waals surface area contributed by atoms with Crippen LogP contribution in [0, 0.1) is 5.41 Å². The van der Waals surface area contributed by atoms with Gasteiger partial charge in [-0.05, 0) is 21.8 Å². The van der Waals surface area contributed by atoms with Gasteiger partial charge in [0.2, 0.25) is 0 Å². The molecule has 3 heteroatoms. The summed E-state index contributed by atoms with van der Waals surface area (Å²) in [5, 5.41) is 12.5. The second kappa shape index (κ2) is 7.14. The Morgan fingerprint density at radius 2 is 1.50 bits per heavy atom. The van der Waals surface area contributed by atoms with Gasteiger partial charge in [-0.2, -0.15) is 0 Å². The smallest absolute Gasteiger partial charge is 0.261 e. The van der Waals surface area contributed by atoms with Crippen LogP contribution >= 0.6 is 0 Å². The minimum Gasteiger partial charge on any atom is -0.407 e. The van der Waals surface area contributed by atoms with Crippen molar-refractivity contribution in [3.05, 3.63) is 72.8 Å². The fourth-order valence-electron chi connectivity index (χ4n) is 4.10. The lowest BCUT2D eigenvalue weighted by molar-refractivity contribution is 0.138. The molecule has 0 heterocycles. The summed E-state index contributed by atoms with van der Waals surface area (Å²) in [6.45, 7) is 9.67. The Hall–Kier alpha value is -1.68. The Balaban J connectivity index is 2.08. The predicted octanol–water partition coefficient (Wildman–Crippen LogP) is 3.89. The van der Waals surface area contributed by atoms with E-state index in [1.165, 1.54) is 10.4 Å². The molecule has 0 saturated carbocycles. The van der Waals surface area contributed by atoms with Gasteiger partial charge in [0.15, 0.2) is 0 Å². The molecule has 3 rings (SSSR count). The molecular weight excluding hydrogens is 336 g/mol. The molecule has 0 amide bonds. The summed E-state index contributed by atoms with van der Waals surface area (Å²) in [5.74, 6) is 0. The zero-order chi connectivity index (χ0) is 18.8. The lowest BCUT2D eigenvalue weighted by atomic mass is 9.91.